The molecule has 0 aromatic heterocycles. The summed E-state index contributed by atoms with van der Waals surface area (Å²) < 4.78 is 9.32. The van der Waals surface area contributed by atoms with Gasteiger partial charge in [0.1, 0.15) is 6.10 Å². The molecule has 50 heavy (non-hydrogen) atoms. The maximum Gasteiger partial charge on any atom is 0.306 e. The number of hydrogen-bond donors (Lipinski definition) is 2. The first-order chi connectivity index (χ1) is 23.7. The van der Waals surface area contributed by atoms with Crippen molar-refractivity contribution in [3.05, 3.63) is 34.0 Å². The van der Waals surface area contributed by atoms with Crippen LogP contribution in [0.5, 0.6) is 0 Å². The van der Waals surface area contributed by atoms with E-state index in [9.17, 15) is 9.59 Å². The number of carbonyl (C=O) groups excluding carboxylic acids is 2. The summed E-state index contributed by atoms with van der Waals surface area (Å²) in [4.78, 5) is 26.1. The first-order valence-electron chi connectivity index (χ1n) is 19.8. The Morgan fingerprint density at radius 1 is 1.00 bits per heavy atom. The Bertz CT molecular complexity index is 1410. The quantitative estimate of drug-likeness (QED) is 0.0640. The highest BCUT2D eigenvalue weighted by Gasteiger charge is 2.59. The number of allylic oxidation sites excluding steroid dienone is 1. The zero-order valence-corrected chi connectivity index (χ0v) is 38.0. The average Bonchev–Trinajstić information content (AvgIpc) is 3.43. The van der Waals surface area contributed by atoms with Gasteiger partial charge in [-0.05, 0) is 190 Å². The van der Waals surface area contributed by atoms with Gasteiger partial charge in [0, 0.05) is 36.0 Å². The Morgan fingerprint density at radius 3 is 2.48 bits per heavy atom. The Kier molecular flexibility index (Phi) is 14.4. The third-order valence-electron chi connectivity index (χ3n) is 14.0. The molecule has 9 atom stereocenters. The molecule has 3 fully saturated rings. The van der Waals surface area contributed by atoms with Crippen LogP contribution in [0.15, 0.2) is 17.7 Å². The molecule has 0 aliphatic heterocycles. The average molecular weight is 1020 g/mol. The third kappa shape index (κ3) is 8.88. The summed E-state index contributed by atoms with van der Waals surface area (Å²) in [5.41, 5.74) is 10.6. The van der Waals surface area contributed by atoms with Gasteiger partial charge < -0.3 is 15.8 Å². The third-order valence-corrected chi connectivity index (χ3v) is 17.1. The van der Waals surface area contributed by atoms with Crippen molar-refractivity contribution in [1.29, 1.82) is 0 Å². The van der Waals surface area contributed by atoms with Gasteiger partial charge in [-0.15, -0.1) is 0 Å². The topological polar surface area (TPSA) is 81.4 Å². The first kappa shape index (κ1) is 41.1. The highest BCUT2D eigenvalue weighted by atomic mass is 127. The van der Waals surface area contributed by atoms with E-state index in [0.717, 1.165) is 83.2 Å². The largest absolute Gasteiger partial charge is 0.462 e. The highest BCUT2D eigenvalue weighted by molar-refractivity contribution is 14.1. The van der Waals surface area contributed by atoms with Crippen molar-refractivity contribution < 1.29 is 14.3 Å². The monoisotopic (exact) mass is 1020 g/mol. The minimum absolute atomic E-state index is 0.0137. The molecule has 0 radical (unpaired) electrons. The highest BCUT2D eigenvalue weighted by Crippen LogP contribution is 2.67. The van der Waals surface area contributed by atoms with E-state index in [1.165, 1.54) is 51.4 Å². The van der Waals surface area contributed by atoms with E-state index < -0.39 is 0 Å². The number of amides is 1. The number of rotatable bonds is 14. The van der Waals surface area contributed by atoms with Gasteiger partial charge in [-0.3, -0.25) is 9.59 Å². The molecule has 4 unspecified atom stereocenters. The van der Waals surface area contributed by atoms with E-state index in [1.807, 2.05) is 0 Å². The Morgan fingerprint density at radius 2 is 1.76 bits per heavy atom. The molecule has 0 heterocycles. The lowest BCUT2D eigenvalue weighted by Gasteiger charge is -2.58. The number of nitrogen functional groups attached to an aromatic ring is 1. The van der Waals surface area contributed by atoms with Crippen LogP contribution in [0.1, 0.15) is 137 Å². The van der Waals surface area contributed by atoms with E-state index in [-0.39, 0.29) is 29.3 Å². The van der Waals surface area contributed by atoms with Crippen molar-refractivity contribution in [3.63, 3.8) is 0 Å². The number of nitrogens with one attached hydrogen (secondary N) is 1. The molecule has 280 valence electrons. The van der Waals surface area contributed by atoms with Crippen LogP contribution in [0, 0.1) is 63.0 Å². The van der Waals surface area contributed by atoms with E-state index in [0.29, 0.717) is 31.2 Å². The molecule has 1 aromatic carbocycles. The van der Waals surface area contributed by atoms with E-state index in [1.54, 1.807) is 5.57 Å². The van der Waals surface area contributed by atoms with E-state index in [4.69, 9.17) is 10.5 Å². The molecule has 3 saturated carbocycles. The van der Waals surface area contributed by atoms with Gasteiger partial charge in [0.05, 0.1) is 5.69 Å². The molecule has 1 aromatic rings. The molecule has 5 rings (SSSR count). The van der Waals surface area contributed by atoms with Crippen molar-refractivity contribution in [2.75, 3.05) is 12.3 Å². The maximum absolute atomic E-state index is 13.1. The number of nitrogens with two attached hydrogens (primary N) is 1. The molecule has 4 aliphatic rings. The lowest BCUT2D eigenvalue weighted by molar-refractivity contribution is -0.151. The summed E-state index contributed by atoms with van der Waals surface area (Å²) in [5.74, 6) is 4.81. The number of hydrogen-bond acceptors (Lipinski definition) is 4. The van der Waals surface area contributed by atoms with Crippen LogP contribution in [-0.2, 0) is 20.7 Å². The standard InChI is InChI=1S/C42H63I3N2O3/c1-7-27(22-31-35(43)24-36(44)39(46)38(31)45)40(49)47-21-9-12-37(48)50-29-17-19-41(5)28(23-29)13-14-30-33-16-15-32(26(4)11-8-10-25(2)3)42(33,6)20-18-34(30)41/h13,24-27,29-30,32-34H,7-12,14-23,46H2,1-6H3,(H,47,49)/t26-,27?,29+,30?,32-,33?,34?,41+,42-/m1/s1. The van der Waals surface area contributed by atoms with Crippen LogP contribution < -0.4 is 11.1 Å². The zero-order valence-electron chi connectivity index (χ0n) is 31.5. The predicted octanol–water partition coefficient (Wildman–Crippen LogP) is 11.5. The van der Waals surface area contributed by atoms with Crippen LogP contribution in [-0.4, -0.2) is 24.5 Å². The second-order valence-corrected chi connectivity index (χ2v) is 20.8. The molecule has 1 amide bonds. The van der Waals surface area contributed by atoms with Gasteiger partial charge in [0.2, 0.25) is 5.91 Å². The van der Waals surface area contributed by atoms with Crippen LogP contribution in [0.4, 0.5) is 5.69 Å². The number of fused-ring (bicyclic) bond motifs is 5. The number of ether oxygens (including phenoxy) is 1. The van der Waals surface area contributed by atoms with Gasteiger partial charge >= 0.3 is 5.97 Å². The lowest BCUT2D eigenvalue weighted by atomic mass is 9.47. The Balaban J connectivity index is 1.08. The number of halogens is 3. The Hall–Kier alpha value is -0.110. The van der Waals surface area contributed by atoms with Gasteiger partial charge in [-0.2, -0.15) is 0 Å². The van der Waals surface area contributed by atoms with Crippen molar-refractivity contribution >= 4 is 85.3 Å². The van der Waals surface area contributed by atoms with Crippen LogP contribution in [0.25, 0.3) is 0 Å². The second kappa shape index (κ2) is 17.6. The molecule has 8 heteroatoms. The minimum Gasteiger partial charge on any atom is -0.462 e. The molecule has 0 bridgehead atoms. The minimum atomic E-state index is -0.125. The van der Waals surface area contributed by atoms with E-state index in [2.05, 4.69) is 127 Å². The van der Waals surface area contributed by atoms with Gasteiger partial charge in [-0.25, -0.2) is 0 Å². The number of anilines is 1. The maximum atomic E-state index is 13.1. The molecule has 0 spiro atoms. The van der Waals surface area contributed by atoms with Gasteiger partial charge in [-0.1, -0.05) is 72.5 Å². The van der Waals surface area contributed by atoms with Crippen molar-refractivity contribution in [2.24, 2.45) is 52.3 Å². The smallest absolute Gasteiger partial charge is 0.306 e. The molecular formula is C42H63I3N2O3. The normalized spacial score (nSPS) is 31.6. The molecule has 0 saturated heterocycles. The van der Waals surface area contributed by atoms with Crippen LogP contribution in [0.3, 0.4) is 0 Å². The number of carbonyl (C=O) groups is 2. The molecule has 4 aliphatic carbocycles. The van der Waals surface area contributed by atoms with Crippen molar-refractivity contribution in [2.45, 2.75) is 144 Å². The fraction of sp³-hybridized carbons (Fsp3) is 0.762. The van der Waals surface area contributed by atoms with Crippen molar-refractivity contribution in [3.8, 4) is 0 Å². The molecule has 5 nitrogen and oxygen atoms in total. The summed E-state index contributed by atoms with van der Waals surface area (Å²) in [6.07, 6.45) is 18.9. The second-order valence-electron chi connectivity index (χ2n) is 17.4. The van der Waals surface area contributed by atoms with E-state index >= 15 is 0 Å². The zero-order chi connectivity index (χ0) is 36.4. The summed E-state index contributed by atoms with van der Waals surface area (Å²) in [6.45, 7) is 15.1. The van der Waals surface area contributed by atoms with Gasteiger partial charge in [0.15, 0.2) is 0 Å². The molecule has 3 N–H and O–H groups in total. The van der Waals surface area contributed by atoms with Crippen molar-refractivity contribution in [1.82, 2.24) is 5.32 Å². The fourth-order valence-corrected chi connectivity index (χ4v) is 14.9. The van der Waals surface area contributed by atoms with Gasteiger partial charge in [0.25, 0.3) is 0 Å². The summed E-state index contributed by atoms with van der Waals surface area (Å²) in [6, 6.07) is 2.09. The fourth-order valence-electron chi connectivity index (χ4n) is 11.1. The lowest BCUT2D eigenvalue weighted by Crippen LogP contribution is -2.51. The first-order valence-corrected chi connectivity index (χ1v) is 23.0. The SMILES string of the molecule is CCC(Cc1c(I)cc(I)c(N)c1I)C(=O)NCCCC(=O)O[C@H]1CC[C@@]2(C)C(=CCC3C2CC[C@@]2(C)C3CC[C@@H]2[C@H](C)CCCC(C)C)C1. The van der Waals surface area contributed by atoms with Crippen LogP contribution >= 0.6 is 67.8 Å². The summed E-state index contributed by atoms with van der Waals surface area (Å²) in [5, 5.41) is 3.09. The number of benzene rings is 1. The number of esters is 1. The molecular weight excluding hydrogens is 961 g/mol. The summed E-state index contributed by atoms with van der Waals surface area (Å²) >= 11 is 6.91. The van der Waals surface area contributed by atoms with Crippen LogP contribution in [0.2, 0.25) is 0 Å². The summed E-state index contributed by atoms with van der Waals surface area (Å²) in [7, 11) is 0. The Labute approximate surface area is 344 Å². The predicted molar refractivity (Wildman–Crippen MR) is 232 cm³/mol.